The first-order valence-corrected chi connectivity index (χ1v) is 6.32. The van der Waals surface area contributed by atoms with E-state index in [1.54, 1.807) is 7.11 Å². The fraction of sp³-hybridized carbons (Fsp3) is 0.500. The van der Waals surface area contributed by atoms with Crippen LogP contribution in [-0.4, -0.2) is 32.1 Å². The van der Waals surface area contributed by atoms with Crippen LogP contribution in [0.25, 0.3) is 0 Å². The SMILES string of the molecule is COc1ccc(C)cc1CCC1CNC(=O)CN1. The second-order valence-electron chi connectivity index (χ2n) is 4.74. The minimum atomic E-state index is 0.0828. The summed E-state index contributed by atoms with van der Waals surface area (Å²) in [6.45, 7) is 3.23. The second-order valence-corrected chi connectivity index (χ2v) is 4.74. The summed E-state index contributed by atoms with van der Waals surface area (Å²) < 4.78 is 5.37. The summed E-state index contributed by atoms with van der Waals surface area (Å²) in [6, 6.07) is 6.59. The summed E-state index contributed by atoms with van der Waals surface area (Å²) in [5.74, 6) is 1.03. The molecule has 0 aromatic heterocycles. The third-order valence-corrected chi connectivity index (χ3v) is 3.29. The molecule has 0 saturated carbocycles. The molecule has 2 N–H and O–H groups in total. The van der Waals surface area contributed by atoms with E-state index in [-0.39, 0.29) is 5.91 Å². The number of carbonyl (C=O) groups is 1. The third-order valence-electron chi connectivity index (χ3n) is 3.29. The van der Waals surface area contributed by atoms with Gasteiger partial charge in [0.15, 0.2) is 0 Å². The normalized spacial score (nSPS) is 19.4. The van der Waals surface area contributed by atoms with Crippen molar-refractivity contribution in [1.29, 1.82) is 0 Å². The molecular weight excluding hydrogens is 228 g/mol. The van der Waals surface area contributed by atoms with E-state index in [0.717, 1.165) is 18.6 Å². The van der Waals surface area contributed by atoms with Crippen molar-refractivity contribution < 1.29 is 9.53 Å². The quantitative estimate of drug-likeness (QED) is 0.836. The predicted molar refractivity (Wildman–Crippen MR) is 70.9 cm³/mol. The molecule has 1 unspecified atom stereocenters. The Morgan fingerprint density at radius 2 is 2.28 bits per heavy atom. The Bertz CT molecular complexity index is 422. The average Bonchev–Trinajstić information content (AvgIpc) is 2.38. The van der Waals surface area contributed by atoms with Crippen molar-refractivity contribution in [2.24, 2.45) is 0 Å². The summed E-state index contributed by atoms with van der Waals surface area (Å²) in [7, 11) is 1.70. The molecule has 1 atom stereocenters. The molecule has 1 amide bonds. The number of amides is 1. The van der Waals surface area contributed by atoms with Crippen LogP contribution in [0.5, 0.6) is 5.75 Å². The zero-order chi connectivity index (χ0) is 13.0. The average molecular weight is 248 g/mol. The van der Waals surface area contributed by atoms with Gasteiger partial charge in [0, 0.05) is 12.6 Å². The number of piperazine rings is 1. The van der Waals surface area contributed by atoms with E-state index in [0.29, 0.717) is 19.1 Å². The Hall–Kier alpha value is -1.55. The molecule has 0 spiro atoms. The number of hydrogen-bond acceptors (Lipinski definition) is 3. The topological polar surface area (TPSA) is 50.4 Å². The number of hydrogen-bond donors (Lipinski definition) is 2. The maximum atomic E-state index is 11.0. The van der Waals surface area contributed by atoms with Gasteiger partial charge in [-0.2, -0.15) is 0 Å². The van der Waals surface area contributed by atoms with Gasteiger partial charge < -0.3 is 15.4 Å². The Kier molecular flexibility index (Phi) is 4.20. The van der Waals surface area contributed by atoms with E-state index in [1.807, 2.05) is 6.07 Å². The number of aryl methyl sites for hydroxylation is 2. The number of methoxy groups -OCH3 is 1. The van der Waals surface area contributed by atoms with Gasteiger partial charge in [0.2, 0.25) is 5.91 Å². The van der Waals surface area contributed by atoms with Crippen molar-refractivity contribution >= 4 is 5.91 Å². The van der Waals surface area contributed by atoms with E-state index in [1.165, 1.54) is 11.1 Å². The molecule has 4 nitrogen and oxygen atoms in total. The standard InChI is InChI=1S/C14H20N2O2/c1-10-3-6-13(18-2)11(7-10)4-5-12-8-16-14(17)9-15-12/h3,6-7,12,15H,4-5,8-9H2,1-2H3,(H,16,17). The van der Waals surface area contributed by atoms with Crippen LogP contribution < -0.4 is 15.4 Å². The van der Waals surface area contributed by atoms with Crippen LogP contribution in [0.4, 0.5) is 0 Å². The summed E-state index contributed by atoms with van der Waals surface area (Å²) in [4.78, 5) is 11.0. The van der Waals surface area contributed by atoms with Gasteiger partial charge in [-0.3, -0.25) is 4.79 Å². The van der Waals surface area contributed by atoms with Gasteiger partial charge in [-0.25, -0.2) is 0 Å². The molecule has 1 fully saturated rings. The van der Waals surface area contributed by atoms with Crippen LogP contribution in [0.2, 0.25) is 0 Å². The highest BCUT2D eigenvalue weighted by Crippen LogP contribution is 2.21. The van der Waals surface area contributed by atoms with E-state index in [9.17, 15) is 4.79 Å². The van der Waals surface area contributed by atoms with Gasteiger partial charge in [0.1, 0.15) is 5.75 Å². The van der Waals surface area contributed by atoms with E-state index in [2.05, 4.69) is 29.7 Å². The number of carbonyl (C=O) groups excluding carboxylic acids is 1. The first kappa shape index (κ1) is 12.9. The van der Waals surface area contributed by atoms with Crippen molar-refractivity contribution in [1.82, 2.24) is 10.6 Å². The number of nitrogens with one attached hydrogen (secondary N) is 2. The Balaban J connectivity index is 1.93. The lowest BCUT2D eigenvalue weighted by Crippen LogP contribution is -2.51. The molecule has 1 saturated heterocycles. The molecule has 2 rings (SSSR count). The van der Waals surface area contributed by atoms with Crippen LogP contribution >= 0.6 is 0 Å². The third kappa shape index (κ3) is 3.23. The molecule has 0 radical (unpaired) electrons. The fourth-order valence-corrected chi connectivity index (χ4v) is 2.25. The Morgan fingerprint density at radius 1 is 1.44 bits per heavy atom. The van der Waals surface area contributed by atoms with Crippen LogP contribution in [0.3, 0.4) is 0 Å². The zero-order valence-corrected chi connectivity index (χ0v) is 11.0. The number of ether oxygens (including phenoxy) is 1. The summed E-state index contributed by atoms with van der Waals surface area (Å²) in [5, 5.41) is 6.11. The van der Waals surface area contributed by atoms with E-state index >= 15 is 0 Å². The van der Waals surface area contributed by atoms with E-state index in [4.69, 9.17) is 4.74 Å². The van der Waals surface area contributed by atoms with Gasteiger partial charge in [0.25, 0.3) is 0 Å². The molecule has 0 aliphatic carbocycles. The van der Waals surface area contributed by atoms with Crippen molar-refractivity contribution in [3.63, 3.8) is 0 Å². The van der Waals surface area contributed by atoms with Crippen LogP contribution in [-0.2, 0) is 11.2 Å². The van der Waals surface area contributed by atoms with Gasteiger partial charge in [-0.15, -0.1) is 0 Å². The molecule has 1 aromatic rings. The smallest absolute Gasteiger partial charge is 0.234 e. The highest BCUT2D eigenvalue weighted by atomic mass is 16.5. The lowest BCUT2D eigenvalue weighted by Gasteiger charge is -2.24. The van der Waals surface area contributed by atoms with Crippen LogP contribution in [0.1, 0.15) is 17.5 Å². The molecule has 1 aromatic carbocycles. The highest BCUT2D eigenvalue weighted by molar-refractivity contribution is 5.78. The van der Waals surface area contributed by atoms with Crippen molar-refractivity contribution in [3.8, 4) is 5.75 Å². The summed E-state index contributed by atoms with van der Waals surface area (Å²) in [5.41, 5.74) is 2.48. The first-order valence-electron chi connectivity index (χ1n) is 6.32. The Labute approximate surface area is 108 Å². The van der Waals surface area contributed by atoms with Crippen LogP contribution in [0, 0.1) is 6.92 Å². The van der Waals surface area contributed by atoms with Gasteiger partial charge in [-0.05, 0) is 31.4 Å². The van der Waals surface area contributed by atoms with Crippen molar-refractivity contribution in [2.75, 3.05) is 20.2 Å². The molecular formula is C14H20N2O2. The zero-order valence-electron chi connectivity index (χ0n) is 11.0. The molecule has 18 heavy (non-hydrogen) atoms. The second kappa shape index (κ2) is 5.87. The lowest BCUT2D eigenvalue weighted by molar-refractivity contribution is -0.121. The molecule has 1 aliphatic heterocycles. The largest absolute Gasteiger partial charge is 0.496 e. The molecule has 0 bridgehead atoms. The van der Waals surface area contributed by atoms with Crippen LogP contribution in [0.15, 0.2) is 18.2 Å². The summed E-state index contributed by atoms with van der Waals surface area (Å²) in [6.07, 6.45) is 1.96. The van der Waals surface area contributed by atoms with E-state index < -0.39 is 0 Å². The van der Waals surface area contributed by atoms with Crippen molar-refractivity contribution in [2.45, 2.75) is 25.8 Å². The minimum absolute atomic E-state index is 0.0828. The van der Waals surface area contributed by atoms with Gasteiger partial charge in [-0.1, -0.05) is 17.7 Å². The molecule has 98 valence electrons. The minimum Gasteiger partial charge on any atom is -0.496 e. The van der Waals surface area contributed by atoms with Crippen molar-refractivity contribution in [3.05, 3.63) is 29.3 Å². The molecule has 1 heterocycles. The summed E-state index contributed by atoms with van der Waals surface area (Å²) >= 11 is 0. The van der Waals surface area contributed by atoms with Gasteiger partial charge >= 0.3 is 0 Å². The highest BCUT2D eigenvalue weighted by Gasteiger charge is 2.17. The lowest BCUT2D eigenvalue weighted by atomic mass is 10.0. The maximum absolute atomic E-state index is 11.0. The monoisotopic (exact) mass is 248 g/mol. The number of benzene rings is 1. The maximum Gasteiger partial charge on any atom is 0.234 e. The number of rotatable bonds is 4. The first-order chi connectivity index (χ1) is 8.69. The van der Waals surface area contributed by atoms with Gasteiger partial charge in [0.05, 0.1) is 13.7 Å². The molecule has 4 heteroatoms. The molecule has 1 aliphatic rings. The predicted octanol–water partition coefficient (Wildman–Crippen LogP) is 1.02. The fourth-order valence-electron chi connectivity index (χ4n) is 2.25. The Morgan fingerprint density at radius 3 is 2.94 bits per heavy atom.